The Labute approximate surface area is 115 Å². The van der Waals surface area contributed by atoms with Gasteiger partial charge in [0.1, 0.15) is 11.7 Å². The van der Waals surface area contributed by atoms with Gasteiger partial charge in [0.25, 0.3) is 0 Å². The number of likely N-dealkylation sites (tertiary alicyclic amines) is 1. The lowest BCUT2D eigenvalue weighted by Crippen LogP contribution is -2.43. The van der Waals surface area contributed by atoms with Gasteiger partial charge in [-0.15, -0.1) is 0 Å². The average molecular weight is 271 g/mol. The number of amides is 1. The Morgan fingerprint density at radius 3 is 2.74 bits per heavy atom. The van der Waals surface area contributed by atoms with E-state index in [9.17, 15) is 4.79 Å². The molecule has 0 bridgehead atoms. The summed E-state index contributed by atoms with van der Waals surface area (Å²) in [6.07, 6.45) is 2.24. The van der Waals surface area contributed by atoms with Crippen LogP contribution in [0.1, 0.15) is 33.6 Å². The number of rotatable bonds is 4. The number of piperidine rings is 1. The molecule has 0 aliphatic carbocycles. The molecule has 1 amide bonds. The molecular weight excluding hydrogens is 246 g/mol. The summed E-state index contributed by atoms with van der Waals surface area (Å²) >= 11 is 0. The van der Waals surface area contributed by atoms with Gasteiger partial charge in [-0.25, -0.2) is 4.79 Å². The van der Waals surface area contributed by atoms with Crippen molar-refractivity contribution in [3.05, 3.63) is 0 Å². The molecule has 0 aromatic heterocycles. The lowest BCUT2D eigenvalue weighted by molar-refractivity contribution is 0.00644. The lowest BCUT2D eigenvalue weighted by Gasteiger charge is -2.34. The number of ether oxygens (including phenoxy) is 3. The van der Waals surface area contributed by atoms with Crippen molar-refractivity contribution in [2.24, 2.45) is 5.92 Å². The molecule has 0 spiro atoms. The molecule has 0 radical (unpaired) electrons. The molecule has 2 aliphatic rings. The van der Waals surface area contributed by atoms with Gasteiger partial charge in [0.05, 0.1) is 19.8 Å². The Bertz CT molecular complexity index is 309. The predicted octanol–water partition coefficient (Wildman–Crippen LogP) is 2.05. The number of hydrogen-bond donors (Lipinski definition) is 0. The fraction of sp³-hybridized carbons (Fsp3) is 0.929. The van der Waals surface area contributed by atoms with E-state index < -0.39 is 5.60 Å². The van der Waals surface area contributed by atoms with Gasteiger partial charge in [-0.2, -0.15) is 0 Å². The summed E-state index contributed by atoms with van der Waals surface area (Å²) in [5, 5.41) is 0. The first kappa shape index (κ1) is 14.6. The molecule has 0 N–H and O–H groups in total. The SMILES string of the molecule is CC(C)(C)OC(=O)N1CCC[C@@H](COC[C@@H]2CO2)C1. The minimum Gasteiger partial charge on any atom is -0.444 e. The molecule has 2 rings (SSSR count). The lowest BCUT2D eigenvalue weighted by atomic mass is 9.99. The highest BCUT2D eigenvalue weighted by Gasteiger charge is 2.28. The van der Waals surface area contributed by atoms with Crippen molar-refractivity contribution in [1.82, 2.24) is 4.90 Å². The number of nitrogens with zero attached hydrogens (tertiary/aromatic N) is 1. The third kappa shape index (κ3) is 5.37. The van der Waals surface area contributed by atoms with Crippen molar-refractivity contribution in [2.45, 2.75) is 45.3 Å². The van der Waals surface area contributed by atoms with E-state index in [2.05, 4.69) is 0 Å². The van der Waals surface area contributed by atoms with E-state index in [0.717, 1.165) is 32.5 Å². The van der Waals surface area contributed by atoms with E-state index >= 15 is 0 Å². The molecule has 2 aliphatic heterocycles. The van der Waals surface area contributed by atoms with Crippen LogP contribution >= 0.6 is 0 Å². The van der Waals surface area contributed by atoms with Crippen molar-refractivity contribution in [1.29, 1.82) is 0 Å². The van der Waals surface area contributed by atoms with Crippen molar-refractivity contribution < 1.29 is 19.0 Å². The maximum absolute atomic E-state index is 12.0. The molecule has 0 aromatic rings. The first-order chi connectivity index (χ1) is 8.94. The molecule has 110 valence electrons. The van der Waals surface area contributed by atoms with Crippen LogP contribution in [-0.2, 0) is 14.2 Å². The number of hydrogen-bond acceptors (Lipinski definition) is 4. The van der Waals surface area contributed by atoms with Gasteiger partial charge in [0.15, 0.2) is 0 Å². The zero-order valence-corrected chi connectivity index (χ0v) is 12.2. The summed E-state index contributed by atoms with van der Waals surface area (Å²) in [7, 11) is 0. The Kier molecular flexibility index (Phi) is 4.68. The van der Waals surface area contributed by atoms with Gasteiger partial charge in [0.2, 0.25) is 0 Å². The molecule has 0 aromatic carbocycles. The van der Waals surface area contributed by atoms with Crippen LogP contribution in [0.25, 0.3) is 0 Å². The van der Waals surface area contributed by atoms with Crippen molar-refractivity contribution in [3.8, 4) is 0 Å². The van der Waals surface area contributed by atoms with E-state index in [1.807, 2.05) is 20.8 Å². The summed E-state index contributed by atoms with van der Waals surface area (Å²) in [6, 6.07) is 0. The summed E-state index contributed by atoms with van der Waals surface area (Å²) in [6.45, 7) is 9.43. The van der Waals surface area contributed by atoms with Gasteiger partial charge in [-0.3, -0.25) is 0 Å². The summed E-state index contributed by atoms with van der Waals surface area (Å²) in [5.41, 5.74) is -0.427. The van der Waals surface area contributed by atoms with Gasteiger partial charge in [0, 0.05) is 19.0 Å². The van der Waals surface area contributed by atoms with E-state index in [1.165, 1.54) is 0 Å². The summed E-state index contributed by atoms with van der Waals surface area (Å²) in [5.74, 6) is 0.417. The minimum atomic E-state index is -0.427. The highest BCUT2D eigenvalue weighted by Crippen LogP contribution is 2.20. The molecule has 0 unspecified atom stereocenters. The van der Waals surface area contributed by atoms with Crippen LogP contribution in [0.15, 0.2) is 0 Å². The van der Waals surface area contributed by atoms with Crippen LogP contribution in [0.2, 0.25) is 0 Å². The molecule has 2 fully saturated rings. The fourth-order valence-corrected chi connectivity index (χ4v) is 2.22. The van der Waals surface area contributed by atoms with Gasteiger partial charge in [-0.05, 0) is 33.6 Å². The van der Waals surface area contributed by atoms with Crippen molar-refractivity contribution in [2.75, 3.05) is 32.9 Å². The number of carbonyl (C=O) groups excluding carboxylic acids is 1. The molecule has 2 saturated heterocycles. The highest BCUT2D eigenvalue weighted by atomic mass is 16.6. The molecular formula is C14H25NO4. The van der Waals surface area contributed by atoms with Crippen LogP contribution in [0.4, 0.5) is 4.79 Å². The van der Waals surface area contributed by atoms with Crippen LogP contribution in [-0.4, -0.2) is 55.6 Å². The molecule has 2 heterocycles. The molecule has 19 heavy (non-hydrogen) atoms. The minimum absolute atomic E-state index is 0.206. The van der Waals surface area contributed by atoms with Crippen LogP contribution in [0.5, 0.6) is 0 Å². The zero-order valence-electron chi connectivity index (χ0n) is 12.2. The Hall–Kier alpha value is -0.810. The predicted molar refractivity (Wildman–Crippen MR) is 71.1 cm³/mol. The Balaban J connectivity index is 1.70. The van der Waals surface area contributed by atoms with Crippen LogP contribution in [0.3, 0.4) is 0 Å². The molecule has 2 atom stereocenters. The molecule has 5 nitrogen and oxygen atoms in total. The smallest absolute Gasteiger partial charge is 0.410 e. The maximum Gasteiger partial charge on any atom is 0.410 e. The molecule has 5 heteroatoms. The largest absolute Gasteiger partial charge is 0.444 e. The topological polar surface area (TPSA) is 51.3 Å². The van der Waals surface area contributed by atoms with Gasteiger partial charge >= 0.3 is 6.09 Å². The summed E-state index contributed by atoms with van der Waals surface area (Å²) in [4.78, 5) is 13.8. The third-order valence-electron chi connectivity index (χ3n) is 3.23. The number of carbonyl (C=O) groups is 1. The third-order valence-corrected chi connectivity index (χ3v) is 3.23. The van der Waals surface area contributed by atoms with Gasteiger partial charge < -0.3 is 19.1 Å². The number of epoxide rings is 1. The zero-order chi connectivity index (χ0) is 13.9. The van der Waals surface area contributed by atoms with Crippen molar-refractivity contribution in [3.63, 3.8) is 0 Å². The second kappa shape index (κ2) is 6.09. The maximum atomic E-state index is 12.0. The second-order valence-corrected chi connectivity index (χ2v) is 6.43. The molecule has 0 saturated carbocycles. The second-order valence-electron chi connectivity index (χ2n) is 6.43. The summed E-state index contributed by atoms with van der Waals surface area (Å²) < 4.78 is 16.1. The highest BCUT2D eigenvalue weighted by molar-refractivity contribution is 5.68. The van der Waals surface area contributed by atoms with Crippen molar-refractivity contribution >= 4 is 6.09 Å². The quantitative estimate of drug-likeness (QED) is 0.734. The standard InChI is InChI=1S/C14H25NO4/c1-14(2,3)19-13(16)15-6-4-5-11(7-15)8-17-9-12-10-18-12/h11-12H,4-10H2,1-3H3/t11-,12-/m1/s1. The normalized spacial score (nSPS) is 27.2. The monoisotopic (exact) mass is 271 g/mol. The van der Waals surface area contributed by atoms with Crippen LogP contribution < -0.4 is 0 Å². The Morgan fingerprint density at radius 2 is 2.11 bits per heavy atom. The van der Waals surface area contributed by atoms with E-state index in [4.69, 9.17) is 14.2 Å². The Morgan fingerprint density at radius 1 is 1.37 bits per heavy atom. The van der Waals surface area contributed by atoms with Gasteiger partial charge in [-0.1, -0.05) is 0 Å². The van der Waals surface area contributed by atoms with E-state index in [-0.39, 0.29) is 6.09 Å². The van der Waals surface area contributed by atoms with E-state index in [1.54, 1.807) is 4.90 Å². The van der Waals surface area contributed by atoms with E-state index in [0.29, 0.717) is 25.2 Å². The van der Waals surface area contributed by atoms with Crippen LogP contribution in [0, 0.1) is 5.92 Å². The first-order valence-corrected chi connectivity index (χ1v) is 7.11. The fourth-order valence-electron chi connectivity index (χ4n) is 2.22. The average Bonchev–Trinajstić information content (AvgIpc) is 3.11. The first-order valence-electron chi connectivity index (χ1n) is 7.11.